The third-order valence-electron chi connectivity index (χ3n) is 2.96. The molecule has 0 heterocycles. The van der Waals surface area contributed by atoms with Gasteiger partial charge in [0.2, 0.25) is 0 Å². The SMILES string of the molecule is Bc1cccc2c1C(=O)c1ccccc1-2. The second-order valence-corrected chi connectivity index (χ2v) is 3.87. The van der Waals surface area contributed by atoms with E-state index in [4.69, 9.17) is 0 Å². The standard InChI is InChI=1S/C13H9BO/c14-11-7-3-6-9-8-4-1-2-5-10(8)13(15)12(9)11/h1-7H,14H2. The van der Waals surface area contributed by atoms with E-state index in [9.17, 15) is 4.79 Å². The van der Waals surface area contributed by atoms with Crippen molar-refractivity contribution in [2.24, 2.45) is 0 Å². The van der Waals surface area contributed by atoms with Crippen LogP contribution in [0.2, 0.25) is 0 Å². The van der Waals surface area contributed by atoms with Crippen LogP contribution in [0.15, 0.2) is 42.5 Å². The first kappa shape index (κ1) is 8.48. The van der Waals surface area contributed by atoms with Gasteiger partial charge >= 0.3 is 0 Å². The molecule has 1 aliphatic rings. The molecule has 15 heavy (non-hydrogen) atoms. The molecule has 0 unspecified atom stereocenters. The Morgan fingerprint density at radius 2 is 1.47 bits per heavy atom. The minimum atomic E-state index is 0.165. The second kappa shape index (κ2) is 2.83. The zero-order valence-electron chi connectivity index (χ0n) is 8.45. The number of benzene rings is 2. The van der Waals surface area contributed by atoms with Crippen molar-refractivity contribution < 1.29 is 4.79 Å². The summed E-state index contributed by atoms with van der Waals surface area (Å²) in [7, 11) is 1.99. The van der Waals surface area contributed by atoms with E-state index in [1.54, 1.807) is 0 Å². The normalized spacial score (nSPS) is 12.4. The molecule has 0 atom stereocenters. The summed E-state index contributed by atoms with van der Waals surface area (Å²) in [4.78, 5) is 12.1. The molecule has 0 aromatic heterocycles. The molecule has 70 valence electrons. The lowest BCUT2D eigenvalue weighted by atomic mass is 9.87. The molecule has 3 rings (SSSR count). The van der Waals surface area contributed by atoms with Gasteiger partial charge in [0, 0.05) is 11.1 Å². The van der Waals surface area contributed by atoms with Crippen molar-refractivity contribution in [1.82, 2.24) is 0 Å². The van der Waals surface area contributed by atoms with E-state index in [1.165, 1.54) is 0 Å². The van der Waals surface area contributed by atoms with Crippen LogP contribution in [-0.4, -0.2) is 13.6 Å². The van der Waals surface area contributed by atoms with E-state index in [1.807, 2.05) is 50.3 Å². The molecule has 2 aromatic rings. The highest BCUT2D eigenvalue weighted by molar-refractivity contribution is 6.40. The van der Waals surface area contributed by atoms with Crippen LogP contribution in [0.1, 0.15) is 15.9 Å². The maximum absolute atomic E-state index is 12.1. The first-order chi connectivity index (χ1) is 7.29. The van der Waals surface area contributed by atoms with Crippen LogP contribution in [0.4, 0.5) is 0 Å². The average Bonchev–Trinajstić information content (AvgIpc) is 2.55. The largest absolute Gasteiger partial charge is 0.289 e. The highest BCUT2D eigenvalue weighted by Crippen LogP contribution is 2.34. The Balaban J connectivity index is 2.43. The Morgan fingerprint density at radius 1 is 0.800 bits per heavy atom. The first-order valence-electron chi connectivity index (χ1n) is 5.03. The van der Waals surface area contributed by atoms with E-state index in [-0.39, 0.29) is 5.78 Å². The van der Waals surface area contributed by atoms with Crippen LogP contribution >= 0.6 is 0 Å². The summed E-state index contributed by atoms with van der Waals surface area (Å²) in [5.74, 6) is 0.165. The molecule has 0 aliphatic heterocycles. The molecule has 0 spiro atoms. The van der Waals surface area contributed by atoms with Crippen molar-refractivity contribution in [3.8, 4) is 11.1 Å². The van der Waals surface area contributed by atoms with Crippen LogP contribution in [0.3, 0.4) is 0 Å². The number of hydrogen-bond acceptors (Lipinski definition) is 1. The Kier molecular flexibility index (Phi) is 1.60. The fourth-order valence-electron chi connectivity index (χ4n) is 2.24. The van der Waals surface area contributed by atoms with Gasteiger partial charge in [-0.25, -0.2) is 0 Å². The molecule has 0 saturated heterocycles. The minimum Gasteiger partial charge on any atom is -0.289 e. The second-order valence-electron chi connectivity index (χ2n) is 3.87. The van der Waals surface area contributed by atoms with Crippen molar-refractivity contribution in [1.29, 1.82) is 0 Å². The van der Waals surface area contributed by atoms with Crippen molar-refractivity contribution in [2.45, 2.75) is 0 Å². The van der Waals surface area contributed by atoms with Crippen molar-refractivity contribution in [3.05, 3.63) is 53.6 Å². The third-order valence-corrected chi connectivity index (χ3v) is 2.96. The van der Waals surface area contributed by atoms with E-state index in [0.717, 1.165) is 27.7 Å². The van der Waals surface area contributed by atoms with Gasteiger partial charge in [-0.1, -0.05) is 47.9 Å². The predicted octanol–water partition coefficient (Wildman–Crippen LogP) is 1.16. The summed E-state index contributed by atoms with van der Waals surface area (Å²) >= 11 is 0. The molecule has 1 aliphatic carbocycles. The minimum absolute atomic E-state index is 0.165. The van der Waals surface area contributed by atoms with Gasteiger partial charge in [0.1, 0.15) is 7.85 Å². The van der Waals surface area contributed by atoms with Gasteiger partial charge in [-0.05, 0) is 11.1 Å². The fraction of sp³-hybridized carbons (Fsp3) is 0. The molecule has 0 amide bonds. The monoisotopic (exact) mass is 192 g/mol. The quantitative estimate of drug-likeness (QED) is 0.488. The van der Waals surface area contributed by atoms with Crippen molar-refractivity contribution >= 4 is 19.1 Å². The molecule has 2 aromatic carbocycles. The summed E-state index contributed by atoms with van der Waals surface area (Å²) in [6.07, 6.45) is 0. The maximum atomic E-state index is 12.1. The van der Waals surface area contributed by atoms with Crippen molar-refractivity contribution in [3.63, 3.8) is 0 Å². The van der Waals surface area contributed by atoms with Gasteiger partial charge in [0.05, 0.1) is 0 Å². The smallest absolute Gasteiger partial charge is 0.193 e. The Bertz CT molecular complexity index is 572. The Hall–Kier alpha value is -1.83. The fourth-order valence-corrected chi connectivity index (χ4v) is 2.24. The number of carbonyl (C=O) groups is 1. The number of hydrogen-bond donors (Lipinski definition) is 0. The van der Waals surface area contributed by atoms with Crippen LogP contribution < -0.4 is 5.46 Å². The summed E-state index contributed by atoms with van der Waals surface area (Å²) in [5.41, 5.74) is 4.92. The zero-order chi connectivity index (χ0) is 10.4. The van der Waals surface area contributed by atoms with Gasteiger partial charge < -0.3 is 0 Å². The van der Waals surface area contributed by atoms with Gasteiger partial charge in [0.25, 0.3) is 0 Å². The molecule has 0 fully saturated rings. The summed E-state index contributed by atoms with van der Waals surface area (Å²) in [5, 5.41) is 0. The Morgan fingerprint density at radius 3 is 2.27 bits per heavy atom. The molecule has 2 heteroatoms. The molecule has 0 saturated carbocycles. The number of carbonyl (C=O) groups excluding carboxylic acids is 1. The molecule has 0 N–H and O–H groups in total. The van der Waals surface area contributed by atoms with Gasteiger partial charge in [-0.3, -0.25) is 4.79 Å². The predicted molar refractivity (Wildman–Crippen MR) is 63.5 cm³/mol. The van der Waals surface area contributed by atoms with Crippen LogP contribution in [-0.2, 0) is 0 Å². The lowest BCUT2D eigenvalue weighted by Gasteiger charge is -2.01. The van der Waals surface area contributed by atoms with Crippen molar-refractivity contribution in [2.75, 3.05) is 0 Å². The number of fused-ring (bicyclic) bond motifs is 3. The van der Waals surface area contributed by atoms with E-state index in [2.05, 4.69) is 0 Å². The first-order valence-corrected chi connectivity index (χ1v) is 5.03. The van der Waals surface area contributed by atoms with E-state index < -0.39 is 0 Å². The van der Waals surface area contributed by atoms with Crippen LogP contribution in [0.25, 0.3) is 11.1 Å². The van der Waals surface area contributed by atoms with Gasteiger partial charge in [0.15, 0.2) is 5.78 Å². The number of ketones is 1. The molecular weight excluding hydrogens is 183 g/mol. The lowest BCUT2D eigenvalue weighted by Crippen LogP contribution is -2.13. The molecular formula is C13H9BO. The van der Waals surface area contributed by atoms with E-state index in [0.29, 0.717) is 0 Å². The van der Waals surface area contributed by atoms with Gasteiger partial charge in [-0.15, -0.1) is 0 Å². The van der Waals surface area contributed by atoms with Crippen LogP contribution in [0, 0.1) is 0 Å². The highest BCUT2D eigenvalue weighted by Gasteiger charge is 2.26. The Labute approximate surface area is 89.2 Å². The van der Waals surface area contributed by atoms with Crippen LogP contribution in [0.5, 0.6) is 0 Å². The topological polar surface area (TPSA) is 17.1 Å². The van der Waals surface area contributed by atoms with Gasteiger partial charge in [-0.2, -0.15) is 0 Å². The highest BCUT2D eigenvalue weighted by atomic mass is 16.1. The molecule has 0 radical (unpaired) electrons. The summed E-state index contributed by atoms with van der Waals surface area (Å²) in [6, 6.07) is 13.8. The summed E-state index contributed by atoms with van der Waals surface area (Å²) < 4.78 is 0. The summed E-state index contributed by atoms with van der Waals surface area (Å²) in [6.45, 7) is 0. The maximum Gasteiger partial charge on any atom is 0.193 e. The van der Waals surface area contributed by atoms with E-state index >= 15 is 0 Å². The molecule has 1 nitrogen and oxygen atoms in total. The lowest BCUT2D eigenvalue weighted by molar-refractivity contribution is 0.104. The third kappa shape index (κ3) is 1.02. The average molecular weight is 192 g/mol. The molecule has 0 bridgehead atoms. The zero-order valence-corrected chi connectivity index (χ0v) is 8.45. The number of rotatable bonds is 0.